The molecule has 0 aromatic heterocycles. The Morgan fingerprint density at radius 3 is 1.87 bits per heavy atom. The zero-order valence-electron chi connectivity index (χ0n) is 13.3. The minimum Gasteiger partial charge on any atom is -0.497 e. The van der Waals surface area contributed by atoms with Gasteiger partial charge in [-0.1, -0.05) is 12.1 Å². The number of carboxylic acid groups (broad SMARTS) is 1. The van der Waals surface area contributed by atoms with E-state index < -0.39 is 5.97 Å². The summed E-state index contributed by atoms with van der Waals surface area (Å²) in [6.07, 6.45) is 1.81. The monoisotopic (exact) mass is 312 g/mol. The van der Waals surface area contributed by atoms with Crippen LogP contribution in [-0.4, -0.2) is 25.3 Å². The number of hydrogen-bond acceptors (Lipinski definition) is 3. The van der Waals surface area contributed by atoms with Crippen LogP contribution >= 0.6 is 0 Å². The number of benzene rings is 2. The van der Waals surface area contributed by atoms with Gasteiger partial charge in [-0.25, -0.2) is 0 Å². The third-order valence-corrected chi connectivity index (χ3v) is 4.49. The maximum absolute atomic E-state index is 11.4. The topological polar surface area (TPSA) is 55.8 Å². The molecule has 1 aliphatic carbocycles. The van der Waals surface area contributed by atoms with Gasteiger partial charge < -0.3 is 14.6 Å². The molecule has 4 nitrogen and oxygen atoms in total. The Kier molecular flexibility index (Phi) is 4.24. The summed E-state index contributed by atoms with van der Waals surface area (Å²) in [5, 5.41) is 9.36. The number of carbonyl (C=O) groups is 1. The molecule has 0 amide bonds. The fourth-order valence-electron chi connectivity index (χ4n) is 3.36. The van der Waals surface area contributed by atoms with E-state index in [1.807, 2.05) is 36.4 Å². The Labute approximate surface area is 135 Å². The quantitative estimate of drug-likeness (QED) is 0.940. The molecule has 0 heterocycles. The lowest BCUT2D eigenvalue weighted by Gasteiger charge is -2.19. The molecule has 0 bridgehead atoms. The molecular weight excluding hydrogens is 292 g/mol. The Morgan fingerprint density at radius 2 is 1.48 bits per heavy atom. The second-order valence-corrected chi connectivity index (χ2v) is 5.78. The number of ether oxygens (including phenoxy) is 2. The summed E-state index contributed by atoms with van der Waals surface area (Å²) < 4.78 is 10.6. The van der Waals surface area contributed by atoms with Gasteiger partial charge in [0.2, 0.25) is 0 Å². The van der Waals surface area contributed by atoms with Crippen molar-refractivity contribution in [3.05, 3.63) is 58.7 Å². The van der Waals surface area contributed by atoms with Crippen LogP contribution < -0.4 is 9.47 Å². The fraction of sp³-hybridized carbons (Fsp3) is 0.316. The predicted molar refractivity (Wildman–Crippen MR) is 87.5 cm³/mol. The lowest BCUT2D eigenvalue weighted by molar-refractivity contribution is -0.137. The molecule has 0 saturated carbocycles. The van der Waals surface area contributed by atoms with Crippen molar-refractivity contribution in [3.63, 3.8) is 0 Å². The van der Waals surface area contributed by atoms with Gasteiger partial charge in [0.25, 0.3) is 0 Å². The normalized spacial score (nSPS) is 13.7. The van der Waals surface area contributed by atoms with Gasteiger partial charge in [0.1, 0.15) is 11.5 Å². The van der Waals surface area contributed by atoms with Crippen LogP contribution in [-0.2, 0) is 17.6 Å². The van der Waals surface area contributed by atoms with Gasteiger partial charge in [0.05, 0.1) is 20.6 Å². The van der Waals surface area contributed by atoms with Gasteiger partial charge in [-0.2, -0.15) is 0 Å². The average molecular weight is 312 g/mol. The van der Waals surface area contributed by atoms with Crippen LogP contribution in [0.5, 0.6) is 11.5 Å². The first-order valence-corrected chi connectivity index (χ1v) is 7.67. The van der Waals surface area contributed by atoms with Gasteiger partial charge in [0, 0.05) is 5.92 Å². The van der Waals surface area contributed by atoms with Crippen molar-refractivity contribution < 1.29 is 19.4 Å². The highest BCUT2D eigenvalue weighted by atomic mass is 16.5. The number of aliphatic carboxylic acids is 1. The van der Waals surface area contributed by atoms with E-state index in [-0.39, 0.29) is 12.3 Å². The summed E-state index contributed by atoms with van der Waals surface area (Å²) in [7, 11) is 3.29. The molecule has 1 aliphatic rings. The summed E-state index contributed by atoms with van der Waals surface area (Å²) in [5.74, 6) is 0.681. The predicted octanol–water partition coefficient (Wildman–Crippen LogP) is 3.41. The number of hydrogen-bond donors (Lipinski definition) is 1. The molecule has 0 fully saturated rings. The largest absolute Gasteiger partial charge is 0.497 e. The van der Waals surface area contributed by atoms with Gasteiger partial charge >= 0.3 is 5.97 Å². The van der Waals surface area contributed by atoms with Crippen molar-refractivity contribution >= 4 is 5.97 Å². The number of fused-ring (bicyclic) bond motifs is 2. The first kappa shape index (κ1) is 15.4. The lowest BCUT2D eigenvalue weighted by atomic mass is 9.85. The molecule has 0 spiro atoms. The summed E-state index contributed by atoms with van der Waals surface area (Å²) in [5.41, 5.74) is 4.48. The van der Waals surface area contributed by atoms with E-state index in [1.165, 1.54) is 0 Å². The van der Waals surface area contributed by atoms with Crippen LogP contribution in [0, 0.1) is 0 Å². The van der Waals surface area contributed by atoms with E-state index in [2.05, 4.69) is 0 Å². The molecule has 23 heavy (non-hydrogen) atoms. The molecule has 0 saturated heterocycles. The zero-order chi connectivity index (χ0) is 16.4. The van der Waals surface area contributed by atoms with E-state index in [9.17, 15) is 9.90 Å². The fourth-order valence-corrected chi connectivity index (χ4v) is 3.36. The van der Waals surface area contributed by atoms with Gasteiger partial charge in [-0.3, -0.25) is 4.79 Å². The molecule has 4 heteroatoms. The van der Waals surface area contributed by atoms with Crippen molar-refractivity contribution in [1.29, 1.82) is 0 Å². The highest BCUT2D eigenvalue weighted by Gasteiger charge is 2.26. The zero-order valence-corrected chi connectivity index (χ0v) is 13.3. The second-order valence-electron chi connectivity index (χ2n) is 5.78. The van der Waals surface area contributed by atoms with Crippen LogP contribution in [0.4, 0.5) is 0 Å². The van der Waals surface area contributed by atoms with Crippen molar-refractivity contribution in [2.45, 2.75) is 25.2 Å². The van der Waals surface area contributed by atoms with Crippen LogP contribution in [0.15, 0.2) is 36.4 Å². The lowest BCUT2D eigenvalue weighted by Crippen LogP contribution is -2.10. The van der Waals surface area contributed by atoms with Gasteiger partial charge in [0.15, 0.2) is 0 Å². The number of methoxy groups -OCH3 is 2. The SMILES string of the molecule is COc1ccc2c(c1)CCc1cc(OC)ccc1C2CC(=O)O. The van der Waals surface area contributed by atoms with E-state index >= 15 is 0 Å². The summed E-state index contributed by atoms with van der Waals surface area (Å²) in [6.45, 7) is 0. The Hall–Kier alpha value is -2.49. The molecule has 0 radical (unpaired) electrons. The molecule has 0 unspecified atom stereocenters. The molecule has 2 aromatic carbocycles. The first-order chi connectivity index (χ1) is 11.1. The molecule has 0 aliphatic heterocycles. The Balaban J connectivity index is 2.12. The van der Waals surface area contributed by atoms with Gasteiger partial charge in [-0.05, 0) is 59.4 Å². The minimum atomic E-state index is -0.791. The van der Waals surface area contributed by atoms with Crippen LogP contribution in [0.2, 0.25) is 0 Å². The molecule has 1 N–H and O–H groups in total. The molecule has 3 rings (SSSR count). The second kappa shape index (κ2) is 6.32. The van der Waals surface area contributed by atoms with Crippen molar-refractivity contribution in [3.8, 4) is 11.5 Å². The number of aryl methyl sites for hydroxylation is 2. The smallest absolute Gasteiger partial charge is 0.304 e. The summed E-state index contributed by atoms with van der Waals surface area (Å²) in [6, 6.07) is 11.9. The van der Waals surface area contributed by atoms with E-state index in [4.69, 9.17) is 9.47 Å². The van der Waals surface area contributed by atoms with Crippen LogP contribution in [0.25, 0.3) is 0 Å². The maximum Gasteiger partial charge on any atom is 0.304 e. The third kappa shape index (κ3) is 3.02. The molecular formula is C19H20O4. The van der Waals surface area contributed by atoms with E-state index in [1.54, 1.807) is 14.2 Å². The number of carboxylic acids is 1. The summed E-state index contributed by atoms with van der Waals surface area (Å²) >= 11 is 0. The van der Waals surface area contributed by atoms with Crippen LogP contribution in [0.1, 0.15) is 34.6 Å². The Bertz CT molecular complexity index is 681. The van der Waals surface area contributed by atoms with Crippen molar-refractivity contribution in [2.75, 3.05) is 14.2 Å². The molecule has 2 aromatic rings. The highest BCUT2D eigenvalue weighted by Crippen LogP contribution is 2.39. The van der Waals surface area contributed by atoms with E-state index in [0.717, 1.165) is 46.6 Å². The Morgan fingerprint density at radius 1 is 1.00 bits per heavy atom. The van der Waals surface area contributed by atoms with Crippen molar-refractivity contribution in [2.24, 2.45) is 0 Å². The van der Waals surface area contributed by atoms with E-state index in [0.29, 0.717) is 0 Å². The molecule has 120 valence electrons. The van der Waals surface area contributed by atoms with Gasteiger partial charge in [-0.15, -0.1) is 0 Å². The standard InChI is InChI=1S/C19H20O4/c1-22-14-5-7-16-12(9-14)3-4-13-10-15(23-2)6-8-17(13)18(16)11-19(20)21/h5-10,18H,3-4,11H2,1-2H3,(H,20,21). The highest BCUT2D eigenvalue weighted by molar-refractivity contribution is 5.70. The van der Waals surface area contributed by atoms with Crippen LogP contribution in [0.3, 0.4) is 0 Å². The first-order valence-electron chi connectivity index (χ1n) is 7.67. The summed E-state index contributed by atoms with van der Waals surface area (Å²) in [4.78, 5) is 11.4. The van der Waals surface area contributed by atoms with Crippen molar-refractivity contribution in [1.82, 2.24) is 0 Å². The molecule has 0 atom stereocenters. The number of rotatable bonds is 4. The third-order valence-electron chi connectivity index (χ3n) is 4.49. The minimum absolute atomic E-state index is 0.0820. The average Bonchev–Trinajstić information content (AvgIpc) is 2.71. The maximum atomic E-state index is 11.4.